The second-order valence-corrected chi connectivity index (χ2v) is 6.62. The number of ether oxygens (including phenoxy) is 1. The topological polar surface area (TPSA) is 55.4 Å². The minimum Gasteiger partial charge on any atom is -0.449 e. The average molecular weight is 392 g/mol. The Morgan fingerprint density at radius 2 is 1.58 bits per heavy atom. The number of hydrogen-bond acceptors (Lipinski definition) is 3. The third kappa shape index (κ3) is 5.10. The van der Waals surface area contributed by atoms with Gasteiger partial charge in [0.05, 0.1) is 0 Å². The van der Waals surface area contributed by atoms with Gasteiger partial charge in [-0.15, -0.1) is 0 Å². The van der Waals surface area contributed by atoms with Gasteiger partial charge in [0.2, 0.25) is 0 Å². The number of halogens is 2. The molecule has 0 aliphatic rings. The van der Waals surface area contributed by atoms with Gasteiger partial charge < -0.3 is 10.1 Å². The van der Waals surface area contributed by atoms with Gasteiger partial charge in [-0.3, -0.25) is 4.79 Å². The van der Waals surface area contributed by atoms with Crippen molar-refractivity contribution in [1.82, 2.24) is 0 Å². The van der Waals surface area contributed by atoms with E-state index < -0.39 is 18.0 Å². The van der Waals surface area contributed by atoms with E-state index in [0.717, 1.165) is 16.8 Å². The second kappa shape index (κ2) is 8.88. The molecule has 1 amide bonds. The minimum absolute atomic E-state index is 0.403. The molecule has 0 unspecified atom stereocenters. The summed E-state index contributed by atoms with van der Waals surface area (Å²) in [5, 5.41) is 3.63. The van der Waals surface area contributed by atoms with Crippen molar-refractivity contribution in [1.29, 1.82) is 0 Å². The maximum Gasteiger partial charge on any atom is 0.331 e. The van der Waals surface area contributed by atoms with Crippen LogP contribution in [0.5, 0.6) is 0 Å². The van der Waals surface area contributed by atoms with Gasteiger partial charge in [-0.25, -0.2) is 4.79 Å². The van der Waals surface area contributed by atoms with Gasteiger partial charge in [0.25, 0.3) is 5.91 Å². The van der Waals surface area contributed by atoms with Crippen LogP contribution < -0.4 is 5.32 Å². The Labute approximate surface area is 162 Å². The maximum atomic E-state index is 12.3. The number of para-hydroxylation sites is 1. The first-order chi connectivity index (χ1) is 12.3. The van der Waals surface area contributed by atoms with Crippen LogP contribution in [-0.4, -0.2) is 18.0 Å². The molecule has 0 saturated heterocycles. The predicted molar refractivity (Wildman–Crippen MR) is 106 cm³/mol. The summed E-state index contributed by atoms with van der Waals surface area (Å²) in [6.45, 7) is 5.31. The number of nitrogens with one attached hydrogen (secondary N) is 1. The lowest BCUT2D eigenvalue weighted by Gasteiger charge is -2.15. The Hall–Kier alpha value is -2.30. The molecule has 0 radical (unpaired) electrons. The van der Waals surface area contributed by atoms with Crippen molar-refractivity contribution in [2.75, 3.05) is 5.32 Å². The van der Waals surface area contributed by atoms with Crippen LogP contribution in [0.1, 0.15) is 23.6 Å². The number of aryl methyl sites for hydroxylation is 2. The molecule has 0 spiro atoms. The van der Waals surface area contributed by atoms with Gasteiger partial charge in [0, 0.05) is 27.4 Å². The molecular formula is C20H19Cl2NO3. The number of esters is 1. The molecule has 1 N–H and O–H groups in total. The van der Waals surface area contributed by atoms with E-state index in [0.29, 0.717) is 15.6 Å². The van der Waals surface area contributed by atoms with Crippen molar-refractivity contribution in [3.63, 3.8) is 0 Å². The molecule has 0 fully saturated rings. The SMILES string of the molecule is Cc1cccc(C)c1NC(=O)[C@H](C)OC(=O)/C=C/c1c(Cl)cccc1Cl. The van der Waals surface area contributed by atoms with E-state index in [9.17, 15) is 9.59 Å². The summed E-state index contributed by atoms with van der Waals surface area (Å²) >= 11 is 12.1. The van der Waals surface area contributed by atoms with E-state index in [2.05, 4.69) is 5.32 Å². The zero-order chi connectivity index (χ0) is 19.3. The fraction of sp³-hybridized carbons (Fsp3) is 0.200. The average Bonchev–Trinajstić information content (AvgIpc) is 2.57. The van der Waals surface area contributed by atoms with E-state index in [1.54, 1.807) is 18.2 Å². The van der Waals surface area contributed by atoms with Crippen molar-refractivity contribution < 1.29 is 14.3 Å². The monoisotopic (exact) mass is 391 g/mol. The zero-order valence-corrected chi connectivity index (χ0v) is 16.2. The van der Waals surface area contributed by atoms with E-state index in [1.807, 2.05) is 32.0 Å². The van der Waals surface area contributed by atoms with Gasteiger partial charge in [-0.2, -0.15) is 0 Å². The first-order valence-electron chi connectivity index (χ1n) is 7.99. The third-order valence-corrected chi connectivity index (χ3v) is 4.44. The van der Waals surface area contributed by atoms with E-state index in [-0.39, 0.29) is 0 Å². The molecule has 0 aliphatic carbocycles. The molecule has 2 aromatic carbocycles. The Morgan fingerprint density at radius 3 is 2.15 bits per heavy atom. The lowest BCUT2D eigenvalue weighted by atomic mass is 10.1. The van der Waals surface area contributed by atoms with Crippen molar-refractivity contribution in [3.05, 3.63) is 69.2 Å². The van der Waals surface area contributed by atoms with Crippen molar-refractivity contribution in [2.45, 2.75) is 26.9 Å². The number of amides is 1. The highest BCUT2D eigenvalue weighted by molar-refractivity contribution is 6.37. The number of benzene rings is 2. The number of anilines is 1. The van der Waals surface area contributed by atoms with Gasteiger partial charge in [0.1, 0.15) is 0 Å². The highest BCUT2D eigenvalue weighted by Gasteiger charge is 2.18. The van der Waals surface area contributed by atoms with E-state index >= 15 is 0 Å². The van der Waals surface area contributed by atoms with Gasteiger partial charge >= 0.3 is 5.97 Å². The number of hydrogen-bond donors (Lipinski definition) is 1. The number of rotatable bonds is 5. The lowest BCUT2D eigenvalue weighted by molar-refractivity contribution is -0.148. The maximum absolute atomic E-state index is 12.3. The van der Waals surface area contributed by atoms with Crippen molar-refractivity contribution in [3.8, 4) is 0 Å². The largest absolute Gasteiger partial charge is 0.449 e. The van der Waals surface area contributed by atoms with Crippen LogP contribution in [0.2, 0.25) is 10.0 Å². The molecule has 2 aromatic rings. The Balaban J connectivity index is 2.00. The molecule has 2 rings (SSSR count). The standard InChI is InChI=1S/C20H19Cl2NO3/c1-12-6-4-7-13(2)19(12)23-20(25)14(3)26-18(24)11-10-15-16(21)8-5-9-17(15)22/h4-11,14H,1-3H3,(H,23,25)/b11-10+/t14-/m0/s1. The first kappa shape index (κ1) is 20.0. The van der Waals surface area contributed by atoms with Gasteiger partial charge in [-0.1, -0.05) is 47.5 Å². The Morgan fingerprint density at radius 1 is 1.04 bits per heavy atom. The molecule has 6 heteroatoms. The quantitative estimate of drug-likeness (QED) is 0.563. The summed E-state index contributed by atoms with van der Waals surface area (Å²) in [5.74, 6) is -1.06. The van der Waals surface area contributed by atoms with Crippen LogP contribution in [-0.2, 0) is 14.3 Å². The molecule has 0 aromatic heterocycles. The van der Waals surface area contributed by atoms with E-state index in [4.69, 9.17) is 27.9 Å². The lowest BCUT2D eigenvalue weighted by Crippen LogP contribution is -2.30. The zero-order valence-electron chi connectivity index (χ0n) is 14.7. The molecule has 1 atom stereocenters. The van der Waals surface area contributed by atoms with Crippen LogP contribution in [0.15, 0.2) is 42.5 Å². The third-order valence-electron chi connectivity index (χ3n) is 3.78. The highest BCUT2D eigenvalue weighted by Crippen LogP contribution is 2.25. The first-order valence-corrected chi connectivity index (χ1v) is 8.75. The smallest absolute Gasteiger partial charge is 0.331 e. The van der Waals surface area contributed by atoms with Gasteiger partial charge in [0.15, 0.2) is 6.10 Å². The van der Waals surface area contributed by atoms with Crippen molar-refractivity contribution in [2.24, 2.45) is 0 Å². The normalized spacial score (nSPS) is 12.0. The molecule has 0 bridgehead atoms. The van der Waals surface area contributed by atoms with Crippen LogP contribution in [0.4, 0.5) is 5.69 Å². The van der Waals surface area contributed by atoms with Crippen LogP contribution in [0.25, 0.3) is 6.08 Å². The summed E-state index contributed by atoms with van der Waals surface area (Å²) in [4.78, 5) is 24.2. The molecule has 0 aliphatic heterocycles. The summed E-state index contributed by atoms with van der Waals surface area (Å²) in [6, 6.07) is 10.7. The summed E-state index contributed by atoms with van der Waals surface area (Å²) in [5.41, 5.74) is 3.11. The molecular weight excluding hydrogens is 373 g/mol. The summed E-state index contributed by atoms with van der Waals surface area (Å²) < 4.78 is 5.14. The number of carbonyl (C=O) groups excluding carboxylic acids is 2. The summed E-state index contributed by atoms with van der Waals surface area (Å²) in [6.07, 6.45) is 1.70. The fourth-order valence-corrected chi connectivity index (χ4v) is 2.85. The number of carbonyl (C=O) groups is 2. The van der Waals surface area contributed by atoms with Crippen LogP contribution in [0, 0.1) is 13.8 Å². The molecule has 26 heavy (non-hydrogen) atoms. The van der Waals surface area contributed by atoms with Crippen LogP contribution in [0.3, 0.4) is 0 Å². The van der Waals surface area contributed by atoms with Gasteiger partial charge in [-0.05, 0) is 50.1 Å². The minimum atomic E-state index is -0.951. The molecule has 0 saturated carbocycles. The Kier molecular flexibility index (Phi) is 6.83. The summed E-state index contributed by atoms with van der Waals surface area (Å²) in [7, 11) is 0. The Bertz CT molecular complexity index is 822. The second-order valence-electron chi connectivity index (χ2n) is 5.80. The van der Waals surface area contributed by atoms with Crippen molar-refractivity contribution >= 4 is 46.8 Å². The molecule has 4 nitrogen and oxygen atoms in total. The molecule has 136 valence electrons. The fourth-order valence-electron chi connectivity index (χ4n) is 2.32. The van der Waals surface area contributed by atoms with E-state index in [1.165, 1.54) is 19.1 Å². The van der Waals surface area contributed by atoms with Crippen LogP contribution >= 0.6 is 23.2 Å². The molecule has 0 heterocycles. The highest BCUT2D eigenvalue weighted by atomic mass is 35.5. The predicted octanol–water partition coefficient (Wildman–Crippen LogP) is 5.19.